The number of hydrogen-bond donors (Lipinski definition) is 3. The Bertz CT molecular complexity index is 285. The molecule has 0 aromatic heterocycles. The predicted octanol–water partition coefficient (Wildman–Crippen LogP) is 1.29. The first-order valence-corrected chi connectivity index (χ1v) is 6.67. The molecule has 4 nitrogen and oxygen atoms in total. The Kier molecular flexibility index (Phi) is 5.18. The van der Waals surface area contributed by atoms with Gasteiger partial charge >= 0.3 is 0 Å². The average molecular weight is 257 g/mol. The van der Waals surface area contributed by atoms with Crippen molar-refractivity contribution in [3.05, 3.63) is 0 Å². The second-order valence-corrected chi connectivity index (χ2v) is 5.82. The Morgan fingerprint density at radius 1 is 1.35 bits per heavy atom. The van der Waals surface area contributed by atoms with E-state index in [1.807, 2.05) is 13.8 Å². The molecule has 17 heavy (non-hydrogen) atoms. The van der Waals surface area contributed by atoms with Gasteiger partial charge in [-0.05, 0) is 38.9 Å². The normalized spacial score (nSPS) is 17.5. The van der Waals surface area contributed by atoms with Gasteiger partial charge in [-0.1, -0.05) is 19.3 Å². The van der Waals surface area contributed by atoms with Crippen LogP contribution in [0.4, 0.5) is 0 Å². The van der Waals surface area contributed by atoms with Gasteiger partial charge in [-0.3, -0.25) is 4.79 Å². The lowest BCUT2D eigenvalue weighted by atomic mass is 9.93. The van der Waals surface area contributed by atoms with E-state index >= 15 is 0 Å². The van der Waals surface area contributed by atoms with Crippen LogP contribution in [0.2, 0.25) is 0 Å². The van der Waals surface area contributed by atoms with Crippen LogP contribution in [-0.2, 0) is 4.79 Å². The Morgan fingerprint density at radius 3 is 2.47 bits per heavy atom. The van der Waals surface area contributed by atoms with E-state index in [1.54, 1.807) is 0 Å². The van der Waals surface area contributed by atoms with Crippen molar-refractivity contribution in [1.82, 2.24) is 10.6 Å². The van der Waals surface area contributed by atoms with Crippen molar-refractivity contribution >= 4 is 23.2 Å². The van der Waals surface area contributed by atoms with Crippen molar-refractivity contribution in [1.29, 1.82) is 0 Å². The van der Waals surface area contributed by atoms with Crippen LogP contribution in [0.1, 0.15) is 46.0 Å². The number of thiocarbonyl (C=S) groups is 1. The van der Waals surface area contributed by atoms with Crippen LogP contribution in [-0.4, -0.2) is 23.6 Å². The third-order valence-electron chi connectivity index (χ3n) is 3.30. The highest BCUT2D eigenvalue weighted by Crippen LogP contribution is 2.17. The quantitative estimate of drug-likeness (QED) is 0.664. The van der Waals surface area contributed by atoms with Crippen LogP contribution in [0, 0.1) is 5.41 Å². The summed E-state index contributed by atoms with van der Waals surface area (Å²) >= 11 is 5.22. The lowest BCUT2D eigenvalue weighted by Crippen LogP contribution is -2.48. The molecule has 1 aliphatic carbocycles. The third kappa shape index (κ3) is 4.89. The van der Waals surface area contributed by atoms with E-state index < -0.39 is 5.41 Å². The second kappa shape index (κ2) is 6.19. The fourth-order valence-corrected chi connectivity index (χ4v) is 2.11. The van der Waals surface area contributed by atoms with Crippen molar-refractivity contribution in [2.45, 2.75) is 52.0 Å². The molecule has 0 atom stereocenters. The van der Waals surface area contributed by atoms with Gasteiger partial charge in [0.15, 0.2) is 5.11 Å². The Morgan fingerprint density at radius 2 is 1.94 bits per heavy atom. The van der Waals surface area contributed by atoms with E-state index in [9.17, 15) is 4.79 Å². The SMILES string of the molecule is CC(C)(CNC(=S)NC1CCCCC1)C(N)=O. The lowest BCUT2D eigenvalue weighted by molar-refractivity contribution is -0.125. The number of primary amides is 1. The van der Waals surface area contributed by atoms with Gasteiger partial charge in [-0.25, -0.2) is 0 Å². The monoisotopic (exact) mass is 257 g/mol. The minimum absolute atomic E-state index is 0.314. The maximum absolute atomic E-state index is 11.1. The van der Waals surface area contributed by atoms with Crippen molar-refractivity contribution in [2.75, 3.05) is 6.54 Å². The fraction of sp³-hybridized carbons (Fsp3) is 0.833. The maximum atomic E-state index is 11.1. The summed E-state index contributed by atoms with van der Waals surface area (Å²) in [6.45, 7) is 4.10. The van der Waals surface area contributed by atoms with E-state index in [4.69, 9.17) is 18.0 Å². The molecule has 0 radical (unpaired) electrons. The second-order valence-electron chi connectivity index (χ2n) is 5.41. The van der Waals surface area contributed by atoms with Gasteiger partial charge in [0.1, 0.15) is 0 Å². The standard InChI is InChI=1S/C12H23N3OS/c1-12(2,10(13)16)8-14-11(17)15-9-6-4-3-5-7-9/h9H,3-8H2,1-2H3,(H2,13,16)(H2,14,15,17). The summed E-state index contributed by atoms with van der Waals surface area (Å²) in [4.78, 5) is 11.1. The van der Waals surface area contributed by atoms with E-state index in [1.165, 1.54) is 32.1 Å². The Balaban J connectivity index is 2.27. The molecular formula is C12H23N3OS. The van der Waals surface area contributed by atoms with E-state index in [2.05, 4.69) is 10.6 Å². The van der Waals surface area contributed by atoms with E-state index in [0.717, 1.165) is 0 Å². The van der Waals surface area contributed by atoms with Gasteiger partial charge in [0.05, 0.1) is 5.41 Å². The molecule has 5 heteroatoms. The molecule has 4 N–H and O–H groups in total. The van der Waals surface area contributed by atoms with Gasteiger partial charge in [-0.15, -0.1) is 0 Å². The van der Waals surface area contributed by atoms with Crippen LogP contribution in [0.5, 0.6) is 0 Å². The molecule has 0 saturated heterocycles. The first-order valence-electron chi connectivity index (χ1n) is 6.26. The topological polar surface area (TPSA) is 67.2 Å². The van der Waals surface area contributed by atoms with Crippen molar-refractivity contribution < 1.29 is 4.79 Å². The highest BCUT2D eigenvalue weighted by atomic mass is 32.1. The first-order chi connectivity index (χ1) is 7.92. The first kappa shape index (κ1) is 14.2. The molecule has 0 aliphatic heterocycles. The van der Waals surface area contributed by atoms with Crippen molar-refractivity contribution in [3.8, 4) is 0 Å². The summed E-state index contributed by atoms with van der Waals surface area (Å²) in [5.74, 6) is -0.314. The van der Waals surface area contributed by atoms with Gasteiger partial charge < -0.3 is 16.4 Å². The molecule has 1 aliphatic rings. The average Bonchev–Trinajstić information content (AvgIpc) is 2.28. The minimum Gasteiger partial charge on any atom is -0.369 e. The number of carbonyl (C=O) groups is 1. The molecule has 0 spiro atoms. The van der Waals surface area contributed by atoms with Crippen LogP contribution in [0.3, 0.4) is 0 Å². The van der Waals surface area contributed by atoms with Gasteiger partial charge in [0.2, 0.25) is 5.91 Å². The van der Waals surface area contributed by atoms with Gasteiger partial charge in [0.25, 0.3) is 0 Å². The minimum atomic E-state index is -0.571. The van der Waals surface area contributed by atoms with Crippen LogP contribution < -0.4 is 16.4 Å². The zero-order valence-electron chi connectivity index (χ0n) is 10.7. The Hall–Kier alpha value is -0.840. The number of nitrogens with one attached hydrogen (secondary N) is 2. The van der Waals surface area contributed by atoms with Gasteiger partial charge in [0, 0.05) is 12.6 Å². The molecular weight excluding hydrogens is 234 g/mol. The Labute approximate surface area is 109 Å². The summed E-state index contributed by atoms with van der Waals surface area (Å²) in [7, 11) is 0. The molecule has 0 bridgehead atoms. The van der Waals surface area contributed by atoms with Crippen LogP contribution in [0.15, 0.2) is 0 Å². The number of nitrogens with two attached hydrogens (primary N) is 1. The van der Waals surface area contributed by atoms with Crippen molar-refractivity contribution in [3.63, 3.8) is 0 Å². The van der Waals surface area contributed by atoms with E-state index in [0.29, 0.717) is 17.7 Å². The molecule has 0 unspecified atom stereocenters. The molecule has 0 aromatic carbocycles. The number of carbonyl (C=O) groups excluding carboxylic acids is 1. The number of rotatable bonds is 4. The lowest BCUT2D eigenvalue weighted by Gasteiger charge is -2.26. The molecule has 0 heterocycles. The highest BCUT2D eigenvalue weighted by Gasteiger charge is 2.25. The number of hydrogen-bond acceptors (Lipinski definition) is 2. The summed E-state index contributed by atoms with van der Waals surface area (Å²) in [5, 5.41) is 7.00. The molecule has 1 saturated carbocycles. The fourth-order valence-electron chi connectivity index (χ4n) is 1.87. The zero-order chi connectivity index (χ0) is 12.9. The van der Waals surface area contributed by atoms with E-state index in [-0.39, 0.29) is 5.91 Å². The summed E-state index contributed by atoms with van der Waals surface area (Å²) in [6.07, 6.45) is 6.23. The molecule has 1 rings (SSSR count). The predicted molar refractivity (Wildman–Crippen MR) is 73.6 cm³/mol. The largest absolute Gasteiger partial charge is 0.369 e. The summed E-state index contributed by atoms with van der Waals surface area (Å²) < 4.78 is 0. The molecule has 1 amide bonds. The van der Waals surface area contributed by atoms with Crippen molar-refractivity contribution in [2.24, 2.45) is 11.1 Å². The third-order valence-corrected chi connectivity index (χ3v) is 3.56. The maximum Gasteiger partial charge on any atom is 0.224 e. The van der Waals surface area contributed by atoms with Crippen LogP contribution in [0.25, 0.3) is 0 Å². The van der Waals surface area contributed by atoms with Crippen LogP contribution >= 0.6 is 12.2 Å². The number of amides is 1. The highest BCUT2D eigenvalue weighted by molar-refractivity contribution is 7.80. The summed E-state index contributed by atoms with van der Waals surface area (Å²) in [6, 6.07) is 0.487. The zero-order valence-corrected chi connectivity index (χ0v) is 11.5. The molecule has 98 valence electrons. The molecule has 0 aromatic rings. The van der Waals surface area contributed by atoms with Gasteiger partial charge in [-0.2, -0.15) is 0 Å². The smallest absolute Gasteiger partial charge is 0.224 e. The summed E-state index contributed by atoms with van der Waals surface area (Å²) in [5.41, 5.74) is 4.73. The molecule has 1 fully saturated rings.